The van der Waals surface area contributed by atoms with Gasteiger partial charge in [0, 0.05) is 17.1 Å². The van der Waals surface area contributed by atoms with Crippen LogP contribution in [0.15, 0.2) is 23.7 Å². The first kappa shape index (κ1) is 8.94. The molecule has 0 fully saturated rings. The maximum atomic E-state index is 5.89. The van der Waals surface area contributed by atoms with Crippen molar-refractivity contribution in [3.05, 3.63) is 34.0 Å². The zero-order valence-corrected chi connectivity index (χ0v) is 8.70. The van der Waals surface area contributed by atoms with Gasteiger partial charge in [-0.05, 0) is 12.1 Å². The molecule has 0 aliphatic heterocycles. The van der Waals surface area contributed by atoms with Gasteiger partial charge in [-0.15, -0.1) is 11.3 Å². The maximum absolute atomic E-state index is 5.89. The lowest BCUT2D eigenvalue weighted by Crippen LogP contribution is -1.82. The Kier molecular flexibility index (Phi) is 2.49. The van der Waals surface area contributed by atoms with Crippen LogP contribution in [0.3, 0.4) is 0 Å². The summed E-state index contributed by atoms with van der Waals surface area (Å²) in [6.07, 6.45) is 1.73. The topological polar surface area (TPSA) is 25.8 Å². The summed E-state index contributed by atoms with van der Waals surface area (Å²) >= 11 is 13.1. The summed E-state index contributed by atoms with van der Waals surface area (Å²) in [7, 11) is 0. The number of halogens is 2. The molecule has 0 spiro atoms. The second-order valence-electron chi connectivity index (χ2n) is 2.31. The minimum Gasteiger partial charge on any atom is -0.244 e. The number of pyridine rings is 1. The van der Waals surface area contributed by atoms with Gasteiger partial charge >= 0.3 is 0 Å². The first-order valence-electron chi connectivity index (χ1n) is 3.49. The van der Waals surface area contributed by atoms with Gasteiger partial charge in [-0.25, -0.2) is 9.97 Å². The molecule has 0 N–H and O–H groups in total. The van der Waals surface area contributed by atoms with Gasteiger partial charge in [0.1, 0.15) is 15.3 Å². The monoisotopic (exact) mass is 230 g/mol. The molecule has 66 valence electrons. The largest absolute Gasteiger partial charge is 0.244 e. The second-order valence-corrected chi connectivity index (χ2v) is 3.95. The fraction of sp³-hybridized carbons (Fsp3) is 0. The summed E-state index contributed by atoms with van der Waals surface area (Å²) in [5.74, 6) is 0. The normalized spacial score (nSPS) is 10.3. The summed E-state index contributed by atoms with van der Waals surface area (Å²) < 4.78 is 0. The lowest BCUT2D eigenvalue weighted by molar-refractivity contribution is 1.31. The minimum atomic E-state index is 0.391. The molecule has 0 aliphatic rings. The standard InChI is InChI=1S/C8H4Cl2N2S/c9-6-2-1-5(7(10)12-6)8-11-3-4-13-8/h1-4H. The Morgan fingerprint density at radius 2 is 2.08 bits per heavy atom. The van der Waals surface area contributed by atoms with E-state index in [4.69, 9.17) is 23.2 Å². The molecule has 2 rings (SSSR count). The summed E-state index contributed by atoms with van der Waals surface area (Å²) in [4.78, 5) is 8.06. The van der Waals surface area contributed by atoms with E-state index in [1.807, 2.05) is 11.4 Å². The summed E-state index contributed by atoms with van der Waals surface area (Å²) in [5.41, 5.74) is 0.820. The van der Waals surface area contributed by atoms with Crippen LogP contribution in [0.25, 0.3) is 10.6 Å². The van der Waals surface area contributed by atoms with Crippen LogP contribution in [-0.2, 0) is 0 Å². The number of hydrogen-bond donors (Lipinski definition) is 0. The van der Waals surface area contributed by atoms with E-state index in [-0.39, 0.29) is 0 Å². The van der Waals surface area contributed by atoms with Gasteiger partial charge in [0.2, 0.25) is 0 Å². The zero-order valence-electron chi connectivity index (χ0n) is 6.37. The fourth-order valence-electron chi connectivity index (χ4n) is 0.928. The molecule has 2 heterocycles. The van der Waals surface area contributed by atoms with Crippen molar-refractivity contribution in [3.63, 3.8) is 0 Å². The van der Waals surface area contributed by atoms with Crippen LogP contribution in [0.5, 0.6) is 0 Å². The van der Waals surface area contributed by atoms with Crippen LogP contribution in [0.1, 0.15) is 0 Å². The van der Waals surface area contributed by atoms with Gasteiger partial charge in [-0.2, -0.15) is 0 Å². The van der Waals surface area contributed by atoms with Crippen LogP contribution in [0.4, 0.5) is 0 Å². The van der Waals surface area contributed by atoms with E-state index in [2.05, 4.69) is 9.97 Å². The second kappa shape index (κ2) is 3.62. The molecule has 0 saturated heterocycles. The number of hydrogen-bond acceptors (Lipinski definition) is 3. The lowest BCUT2D eigenvalue weighted by Gasteiger charge is -1.98. The van der Waals surface area contributed by atoms with Crippen molar-refractivity contribution in [1.82, 2.24) is 9.97 Å². The van der Waals surface area contributed by atoms with E-state index < -0.39 is 0 Å². The highest BCUT2D eigenvalue weighted by Gasteiger charge is 2.06. The van der Waals surface area contributed by atoms with Gasteiger partial charge in [0.05, 0.1) is 0 Å². The average Bonchev–Trinajstić information content (AvgIpc) is 2.56. The van der Waals surface area contributed by atoms with Gasteiger partial charge in [-0.1, -0.05) is 23.2 Å². The molecule has 2 nitrogen and oxygen atoms in total. The highest BCUT2D eigenvalue weighted by atomic mass is 35.5. The molecule has 5 heteroatoms. The van der Waals surface area contributed by atoms with E-state index in [1.165, 1.54) is 11.3 Å². The van der Waals surface area contributed by atoms with E-state index in [1.54, 1.807) is 12.3 Å². The molecule has 2 aromatic rings. The van der Waals surface area contributed by atoms with Crippen LogP contribution < -0.4 is 0 Å². The van der Waals surface area contributed by atoms with Crippen molar-refractivity contribution in [1.29, 1.82) is 0 Å². The maximum Gasteiger partial charge on any atom is 0.141 e. The van der Waals surface area contributed by atoms with E-state index >= 15 is 0 Å². The van der Waals surface area contributed by atoms with Crippen molar-refractivity contribution >= 4 is 34.5 Å². The summed E-state index contributed by atoms with van der Waals surface area (Å²) in [6.45, 7) is 0. The Hall–Kier alpha value is -0.640. The molecule has 0 atom stereocenters. The number of aromatic nitrogens is 2. The molecular formula is C8H4Cl2N2S. The van der Waals surface area contributed by atoms with Crippen molar-refractivity contribution < 1.29 is 0 Å². The van der Waals surface area contributed by atoms with Gasteiger partial charge in [0.15, 0.2) is 0 Å². The van der Waals surface area contributed by atoms with E-state index in [0.29, 0.717) is 10.3 Å². The molecule has 0 aromatic carbocycles. The Bertz CT molecular complexity index is 414. The summed E-state index contributed by atoms with van der Waals surface area (Å²) in [5, 5.41) is 3.53. The molecule has 0 amide bonds. The Labute approximate surface area is 89.2 Å². The Balaban J connectivity index is 2.53. The molecule has 0 aliphatic carbocycles. The molecule has 0 bridgehead atoms. The van der Waals surface area contributed by atoms with Crippen molar-refractivity contribution in [2.24, 2.45) is 0 Å². The number of rotatable bonds is 1. The lowest BCUT2D eigenvalue weighted by atomic mass is 10.3. The van der Waals surface area contributed by atoms with Crippen molar-refractivity contribution in [2.75, 3.05) is 0 Å². The third kappa shape index (κ3) is 1.82. The minimum absolute atomic E-state index is 0.391. The molecule has 0 radical (unpaired) electrons. The predicted octanol–water partition coefficient (Wildman–Crippen LogP) is 3.51. The van der Waals surface area contributed by atoms with Crippen LogP contribution in [0, 0.1) is 0 Å². The van der Waals surface area contributed by atoms with E-state index in [9.17, 15) is 0 Å². The predicted molar refractivity (Wildman–Crippen MR) is 55.4 cm³/mol. The highest BCUT2D eigenvalue weighted by Crippen LogP contribution is 2.28. The fourth-order valence-corrected chi connectivity index (χ4v) is 2.08. The molecule has 13 heavy (non-hydrogen) atoms. The molecular weight excluding hydrogens is 227 g/mol. The van der Waals surface area contributed by atoms with Gasteiger partial charge in [-0.3, -0.25) is 0 Å². The third-order valence-electron chi connectivity index (χ3n) is 1.48. The number of thiazole rings is 1. The highest BCUT2D eigenvalue weighted by molar-refractivity contribution is 7.13. The smallest absolute Gasteiger partial charge is 0.141 e. The summed E-state index contributed by atoms with van der Waals surface area (Å²) in [6, 6.07) is 3.51. The first-order chi connectivity index (χ1) is 6.27. The van der Waals surface area contributed by atoms with Crippen molar-refractivity contribution in [2.45, 2.75) is 0 Å². The van der Waals surface area contributed by atoms with Gasteiger partial charge in [0.25, 0.3) is 0 Å². The van der Waals surface area contributed by atoms with Crippen LogP contribution in [0.2, 0.25) is 10.3 Å². The average molecular weight is 231 g/mol. The quantitative estimate of drug-likeness (QED) is 0.702. The molecule has 0 saturated carbocycles. The Morgan fingerprint density at radius 1 is 1.23 bits per heavy atom. The Morgan fingerprint density at radius 3 is 2.69 bits per heavy atom. The van der Waals surface area contributed by atoms with Crippen LogP contribution >= 0.6 is 34.5 Å². The molecule has 0 unspecified atom stereocenters. The van der Waals surface area contributed by atoms with Crippen LogP contribution in [-0.4, -0.2) is 9.97 Å². The molecule has 2 aromatic heterocycles. The first-order valence-corrected chi connectivity index (χ1v) is 5.13. The van der Waals surface area contributed by atoms with Crippen molar-refractivity contribution in [3.8, 4) is 10.6 Å². The number of nitrogens with zero attached hydrogens (tertiary/aromatic N) is 2. The van der Waals surface area contributed by atoms with Gasteiger partial charge < -0.3 is 0 Å². The zero-order chi connectivity index (χ0) is 9.26. The SMILES string of the molecule is Clc1ccc(-c2nccs2)c(Cl)n1. The van der Waals surface area contributed by atoms with E-state index in [0.717, 1.165) is 10.6 Å². The third-order valence-corrected chi connectivity index (χ3v) is 2.78.